The standard InChI is InChI=1S/C11H20O3S/c1-9(15-10(2)12)5-3-4-6-13-7-11-8-14-11/h9,11H,3-8H2,1-2H3. The Labute approximate surface area is 95.9 Å². The molecule has 0 amide bonds. The third-order valence-electron chi connectivity index (χ3n) is 2.22. The van der Waals surface area contributed by atoms with Gasteiger partial charge in [-0.15, -0.1) is 0 Å². The Morgan fingerprint density at radius 1 is 1.60 bits per heavy atom. The number of epoxide rings is 1. The Balaban J connectivity index is 1.80. The SMILES string of the molecule is CC(=O)SC(C)CCCCOCC1CO1. The molecule has 1 aliphatic rings. The minimum Gasteiger partial charge on any atom is -0.379 e. The molecule has 1 rings (SSSR count). The highest BCUT2D eigenvalue weighted by atomic mass is 32.2. The van der Waals surface area contributed by atoms with Gasteiger partial charge in [-0.25, -0.2) is 0 Å². The van der Waals surface area contributed by atoms with Crippen molar-refractivity contribution in [2.75, 3.05) is 19.8 Å². The quantitative estimate of drug-likeness (QED) is 0.475. The number of rotatable bonds is 8. The first-order valence-electron chi connectivity index (χ1n) is 5.55. The molecule has 1 heterocycles. The fourth-order valence-corrected chi connectivity index (χ4v) is 2.21. The van der Waals surface area contributed by atoms with Gasteiger partial charge in [0.05, 0.1) is 13.2 Å². The fourth-order valence-electron chi connectivity index (χ4n) is 1.36. The van der Waals surface area contributed by atoms with Crippen molar-refractivity contribution in [3.63, 3.8) is 0 Å². The molecule has 1 fully saturated rings. The molecule has 0 bridgehead atoms. The van der Waals surface area contributed by atoms with Gasteiger partial charge in [0.15, 0.2) is 5.12 Å². The van der Waals surface area contributed by atoms with Crippen LogP contribution >= 0.6 is 11.8 Å². The van der Waals surface area contributed by atoms with Gasteiger partial charge in [0.1, 0.15) is 6.10 Å². The van der Waals surface area contributed by atoms with E-state index < -0.39 is 0 Å². The molecule has 1 saturated heterocycles. The average molecular weight is 232 g/mol. The van der Waals surface area contributed by atoms with E-state index in [-0.39, 0.29) is 5.12 Å². The lowest BCUT2D eigenvalue weighted by Gasteiger charge is -2.08. The summed E-state index contributed by atoms with van der Waals surface area (Å²) in [6, 6.07) is 0. The third kappa shape index (κ3) is 7.82. The summed E-state index contributed by atoms with van der Waals surface area (Å²) in [7, 11) is 0. The minimum atomic E-state index is 0.213. The number of carbonyl (C=O) groups excluding carboxylic acids is 1. The summed E-state index contributed by atoms with van der Waals surface area (Å²) in [6.45, 7) is 6.16. The summed E-state index contributed by atoms with van der Waals surface area (Å²) in [5.41, 5.74) is 0. The van der Waals surface area contributed by atoms with E-state index in [1.807, 2.05) is 0 Å². The second-order valence-electron chi connectivity index (χ2n) is 3.95. The highest BCUT2D eigenvalue weighted by Gasteiger charge is 2.21. The molecule has 88 valence electrons. The van der Waals surface area contributed by atoms with Gasteiger partial charge in [0.25, 0.3) is 0 Å². The van der Waals surface area contributed by atoms with Crippen LogP contribution < -0.4 is 0 Å². The molecule has 0 spiro atoms. The van der Waals surface area contributed by atoms with Gasteiger partial charge in [0.2, 0.25) is 0 Å². The summed E-state index contributed by atoms with van der Waals surface area (Å²) >= 11 is 1.43. The molecule has 0 aromatic carbocycles. The van der Waals surface area contributed by atoms with Crippen LogP contribution in [0.15, 0.2) is 0 Å². The van der Waals surface area contributed by atoms with Crippen LogP contribution in [0.4, 0.5) is 0 Å². The Morgan fingerprint density at radius 2 is 2.33 bits per heavy atom. The number of carbonyl (C=O) groups is 1. The zero-order chi connectivity index (χ0) is 11.1. The van der Waals surface area contributed by atoms with Crippen molar-refractivity contribution >= 4 is 16.9 Å². The lowest BCUT2D eigenvalue weighted by atomic mass is 10.2. The van der Waals surface area contributed by atoms with Gasteiger partial charge in [-0.2, -0.15) is 0 Å². The van der Waals surface area contributed by atoms with Crippen LogP contribution in [-0.2, 0) is 14.3 Å². The molecule has 0 aromatic heterocycles. The summed E-state index contributed by atoms with van der Waals surface area (Å²) in [5, 5.41) is 0.652. The predicted molar refractivity (Wildman–Crippen MR) is 62.1 cm³/mol. The maximum absolute atomic E-state index is 10.8. The lowest BCUT2D eigenvalue weighted by molar-refractivity contribution is -0.109. The summed E-state index contributed by atoms with van der Waals surface area (Å²) in [5.74, 6) is 0. The molecule has 0 saturated carbocycles. The molecule has 2 atom stereocenters. The molecule has 3 nitrogen and oxygen atoms in total. The van der Waals surface area contributed by atoms with E-state index in [0.29, 0.717) is 11.4 Å². The zero-order valence-electron chi connectivity index (χ0n) is 9.53. The van der Waals surface area contributed by atoms with Crippen molar-refractivity contribution in [3.05, 3.63) is 0 Å². The Bertz CT molecular complexity index is 192. The molecular formula is C11H20O3S. The Hall–Kier alpha value is -0.0600. The molecule has 2 unspecified atom stereocenters. The first kappa shape index (κ1) is 13.0. The van der Waals surface area contributed by atoms with Crippen molar-refractivity contribution in [3.8, 4) is 0 Å². The van der Waals surface area contributed by atoms with E-state index in [0.717, 1.165) is 39.1 Å². The first-order valence-corrected chi connectivity index (χ1v) is 6.43. The van der Waals surface area contributed by atoms with Crippen LogP contribution in [0.5, 0.6) is 0 Å². The average Bonchev–Trinajstić information content (AvgIpc) is 2.93. The topological polar surface area (TPSA) is 38.8 Å². The third-order valence-corrected chi connectivity index (χ3v) is 3.19. The van der Waals surface area contributed by atoms with Crippen LogP contribution in [0.2, 0.25) is 0 Å². The Kier molecular flexibility index (Phi) is 6.29. The van der Waals surface area contributed by atoms with Crippen LogP contribution in [0.1, 0.15) is 33.1 Å². The smallest absolute Gasteiger partial charge is 0.186 e. The molecule has 4 heteroatoms. The molecule has 1 aliphatic heterocycles. The maximum atomic E-state index is 10.8. The second kappa shape index (κ2) is 7.25. The monoisotopic (exact) mass is 232 g/mol. The van der Waals surface area contributed by atoms with Crippen molar-refractivity contribution in [1.82, 2.24) is 0 Å². The van der Waals surface area contributed by atoms with Crippen LogP contribution in [0.3, 0.4) is 0 Å². The van der Waals surface area contributed by atoms with Gasteiger partial charge in [-0.05, 0) is 12.8 Å². The highest BCUT2D eigenvalue weighted by molar-refractivity contribution is 8.14. The van der Waals surface area contributed by atoms with E-state index in [4.69, 9.17) is 9.47 Å². The number of hydrogen-bond acceptors (Lipinski definition) is 4. The summed E-state index contributed by atoms with van der Waals surface area (Å²) in [4.78, 5) is 10.8. The largest absolute Gasteiger partial charge is 0.379 e. The molecule has 0 N–H and O–H groups in total. The minimum absolute atomic E-state index is 0.213. The summed E-state index contributed by atoms with van der Waals surface area (Å²) in [6.07, 6.45) is 3.67. The number of unbranched alkanes of at least 4 members (excludes halogenated alkanes) is 1. The van der Waals surface area contributed by atoms with E-state index >= 15 is 0 Å². The van der Waals surface area contributed by atoms with Gasteiger partial charge in [-0.1, -0.05) is 25.1 Å². The van der Waals surface area contributed by atoms with Gasteiger partial charge >= 0.3 is 0 Å². The lowest BCUT2D eigenvalue weighted by Crippen LogP contribution is -2.04. The number of thioether (sulfide) groups is 1. The Morgan fingerprint density at radius 3 is 2.93 bits per heavy atom. The van der Waals surface area contributed by atoms with Crippen molar-refractivity contribution in [1.29, 1.82) is 0 Å². The van der Waals surface area contributed by atoms with Gasteiger partial charge in [-0.3, -0.25) is 4.79 Å². The van der Waals surface area contributed by atoms with Crippen molar-refractivity contribution in [2.24, 2.45) is 0 Å². The van der Waals surface area contributed by atoms with Crippen LogP contribution in [-0.4, -0.2) is 36.3 Å². The molecule has 0 aliphatic carbocycles. The summed E-state index contributed by atoms with van der Waals surface area (Å²) < 4.78 is 10.5. The van der Waals surface area contributed by atoms with Crippen molar-refractivity contribution in [2.45, 2.75) is 44.5 Å². The van der Waals surface area contributed by atoms with E-state index in [2.05, 4.69) is 6.92 Å². The zero-order valence-corrected chi connectivity index (χ0v) is 10.3. The predicted octanol–water partition coefficient (Wildman–Crippen LogP) is 2.24. The molecular weight excluding hydrogens is 212 g/mol. The maximum Gasteiger partial charge on any atom is 0.186 e. The van der Waals surface area contributed by atoms with E-state index in [1.54, 1.807) is 6.92 Å². The number of hydrogen-bond donors (Lipinski definition) is 0. The van der Waals surface area contributed by atoms with E-state index in [1.165, 1.54) is 11.8 Å². The van der Waals surface area contributed by atoms with Crippen LogP contribution in [0.25, 0.3) is 0 Å². The molecule has 0 aromatic rings. The number of ether oxygens (including phenoxy) is 2. The first-order chi connectivity index (χ1) is 7.18. The second-order valence-corrected chi connectivity index (χ2v) is 5.56. The molecule has 0 radical (unpaired) electrons. The van der Waals surface area contributed by atoms with Crippen LogP contribution in [0, 0.1) is 0 Å². The highest BCUT2D eigenvalue weighted by Crippen LogP contribution is 2.17. The van der Waals surface area contributed by atoms with E-state index in [9.17, 15) is 4.79 Å². The molecule has 15 heavy (non-hydrogen) atoms. The van der Waals surface area contributed by atoms with Gasteiger partial charge < -0.3 is 9.47 Å². The van der Waals surface area contributed by atoms with Crippen molar-refractivity contribution < 1.29 is 14.3 Å². The van der Waals surface area contributed by atoms with Gasteiger partial charge in [0, 0.05) is 18.8 Å². The fraction of sp³-hybridized carbons (Fsp3) is 0.909. The normalized spacial score (nSPS) is 21.3.